The monoisotopic (exact) mass is 372 g/mol. The van der Waals surface area contributed by atoms with Crippen LogP contribution in [-0.4, -0.2) is 52.1 Å². The molecule has 2 amide bonds. The number of likely N-dealkylation sites (N-methyl/N-ethyl adjacent to an activating group) is 1. The molecule has 0 fully saturated rings. The van der Waals surface area contributed by atoms with Crippen LogP contribution in [0.5, 0.6) is 17.2 Å². The lowest BCUT2D eigenvalue weighted by Gasteiger charge is -2.14. The molecule has 27 heavy (non-hydrogen) atoms. The Morgan fingerprint density at radius 3 is 1.96 bits per heavy atom. The van der Waals surface area contributed by atoms with Crippen molar-refractivity contribution in [3.05, 3.63) is 47.5 Å². The molecule has 0 bridgehead atoms. The molecule has 1 N–H and O–H groups in total. The summed E-state index contributed by atoms with van der Waals surface area (Å²) in [5.41, 5.74) is 1.80. The van der Waals surface area contributed by atoms with Crippen molar-refractivity contribution in [3.63, 3.8) is 0 Å². The van der Waals surface area contributed by atoms with Crippen LogP contribution in [0.1, 0.15) is 15.9 Å². The Bertz CT molecular complexity index is 816. The number of carbonyl (C=O) groups is 2. The molecule has 7 nitrogen and oxygen atoms in total. The minimum Gasteiger partial charge on any atom is -0.496 e. The Kier molecular flexibility index (Phi) is 6.65. The second kappa shape index (κ2) is 8.93. The maximum atomic E-state index is 12.7. The number of nitrogens with zero attached hydrogens (tertiary/aromatic N) is 1. The molecule has 0 aliphatic carbocycles. The van der Waals surface area contributed by atoms with Crippen LogP contribution in [0.25, 0.3) is 0 Å². The van der Waals surface area contributed by atoms with Crippen molar-refractivity contribution in [2.45, 2.75) is 6.42 Å². The second-order valence-corrected chi connectivity index (χ2v) is 6.02. The molecule has 2 rings (SSSR count). The minimum atomic E-state index is -0.343. The van der Waals surface area contributed by atoms with Gasteiger partial charge in [0.15, 0.2) is 11.5 Å². The molecule has 0 spiro atoms. The van der Waals surface area contributed by atoms with E-state index < -0.39 is 0 Å². The van der Waals surface area contributed by atoms with Gasteiger partial charge >= 0.3 is 0 Å². The maximum absolute atomic E-state index is 12.7. The summed E-state index contributed by atoms with van der Waals surface area (Å²) in [6.07, 6.45) is 0.310. The Balaban J connectivity index is 2.18. The number of hydrogen-bond donors (Lipinski definition) is 1. The molecular formula is C20H24N2O5. The van der Waals surface area contributed by atoms with Gasteiger partial charge in [0.25, 0.3) is 5.91 Å². The number of anilines is 1. The Hall–Kier alpha value is -3.22. The Labute approximate surface area is 158 Å². The lowest BCUT2D eigenvalue weighted by atomic mass is 10.1. The summed E-state index contributed by atoms with van der Waals surface area (Å²) in [4.78, 5) is 26.0. The quantitative estimate of drug-likeness (QED) is 0.808. The van der Waals surface area contributed by atoms with Gasteiger partial charge in [0.05, 0.1) is 33.3 Å². The number of methoxy groups -OCH3 is 3. The van der Waals surface area contributed by atoms with Gasteiger partial charge in [-0.15, -0.1) is 0 Å². The van der Waals surface area contributed by atoms with Crippen molar-refractivity contribution in [2.24, 2.45) is 0 Å². The number of benzene rings is 2. The molecule has 0 saturated heterocycles. The van der Waals surface area contributed by atoms with Gasteiger partial charge in [0.1, 0.15) is 5.75 Å². The third-order valence-electron chi connectivity index (χ3n) is 4.02. The summed E-state index contributed by atoms with van der Waals surface area (Å²) in [5, 5.41) is 2.81. The minimum absolute atomic E-state index is 0.0156. The van der Waals surface area contributed by atoms with Crippen molar-refractivity contribution in [2.75, 3.05) is 40.7 Å². The second-order valence-electron chi connectivity index (χ2n) is 6.02. The number of nitrogens with one attached hydrogen (secondary N) is 1. The molecule has 0 aromatic heterocycles. The van der Waals surface area contributed by atoms with Gasteiger partial charge < -0.3 is 24.4 Å². The summed E-state index contributed by atoms with van der Waals surface area (Å²) in [7, 11) is 7.93. The fourth-order valence-corrected chi connectivity index (χ4v) is 2.44. The van der Waals surface area contributed by atoms with Crippen LogP contribution >= 0.6 is 0 Å². The van der Waals surface area contributed by atoms with Crippen LogP contribution in [0.4, 0.5) is 5.69 Å². The van der Waals surface area contributed by atoms with Gasteiger partial charge in [-0.3, -0.25) is 9.59 Å². The molecule has 2 aromatic rings. The Morgan fingerprint density at radius 1 is 0.889 bits per heavy atom. The van der Waals surface area contributed by atoms with Crippen molar-refractivity contribution in [1.29, 1.82) is 0 Å². The smallest absolute Gasteiger partial charge is 0.259 e. The van der Waals surface area contributed by atoms with E-state index >= 15 is 0 Å². The van der Waals surface area contributed by atoms with Crippen LogP contribution < -0.4 is 19.5 Å². The number of hydrogen-bond acceptors (Lipinski definition) is 5. The zero-order valence-electron chi connectivity index (χ0n) is 16.2. The first-order valence-corrected chi connectivity index (χ1v) is 8.30. The van der Waals surface area contributed by atoms with Crippen molar-refractivity contribution < 1.29 is 23.8 Å². The third-order valence-corrected chi connectivity index (χ3v) is 4.02. The van der Waals surface area contributed by atoms with E-state index in [9.17, 15) is 9.59 Å². The fraction of sp³-hybridized carbons (Fsp3) is 0.300. The van der Waals surface area contributed by atoms with E-state index in [-0.39, 0.29) is 11.8 Å². The average Bonchev–Trinajstić information content (AvgIpc) is 2.68. The predicted molar refractivity (Wildman–Crippen MR) is 103 cm³/mol. The number of rotatable bonds is 7. The standard InChI is InChI=1S/C20H24N2O5/c1-22(2)19(23)10-13-6-8-14(9-7-13)21-20(24)15-11-17(26-4)18(27-5)12-16(15)25-3/h6-9,11-12H,10H2,1-5H3,(H,21,24). The van der Waals surface area contributed by atoms with Crippen LogP contribution in [-0.2, 0) is 11.2 Å². The van der Waals surface area contributed by atoms with E-state index in [1.165, 1.54) is 21.3 Å². The van der Waals surface area contributed by atoms with Gasteiger partial charge in [0.2, 0.25) is 5.91 Å². The molecule has 0 aliphatic rings. The van der Waals surface area contributed by atoms with E-state index in [0.29, 0.717) is 34.9 Å². The van der Waals surface area contributed by atoms with Gasteiger partial charge in [-0.2, -0.15) is 0 Å². The van der Waals surface area contributed by atoms with Crippen LogP contribution in [0.15, 0.2) is 36.4 Å². The summed E-state index contributed by atoms with van der Waals surface area (Å²) in [6.45, 7) is 0. The lowest BCUT2D eigenvalue weighted by Crippen LogP contribution is -2.23. The lowest BCUT2D eigenvalue weighted by molar-refractivity contribution is -0.127. The van der Waals surface area contributed by atoms with Crippen LogP contribution in [0.2, 0.25) is 0 Å². The number of ether oxygens (including phenoxy) is 3. The summed E-state index contributed by atoms with van der Waals surface area (Å²) in [6, 6.07) is 10.3. The average molecular weight is 372 g/mol. The molecule has 0 unspecified atom stereocenters. The summed E-state index contributed by atoms with van der Waals surface area (Å²) < 4.78 is 15.8. The Morgan fingerprint density at radius 2 is 1.44 bits per heavy atom. The molecule has 0 radical (unpaired) electrons. The summed E-state index contributed by atoms with van der Waals surface area (Å²) in [5.74, 6) is 0.951. The molecule has 144 valence electrons. The van der Waals surface area contributed by atoms with Crippen molar-refractivity contribution >= 4 is 17.5 Å². The normalized spacial score (nSPS) is 10.1. The number of carbonyl (C=O) groups excluding carboxylic acids is 2. The van der Waals surface area contributed by atoms with Crippen molar-refractivity contribution in [1.82, 2.24) is 4.90 Å². The largest absolute Gasteiger partial charge is 0.496 e. The first-order valence-electron chi connectivity index (χ1n) is 8.30. The van der Waals surface area contributed by atoms with Crippen LogP contribution in [0, 0.1) is 0 Å². The zero-order chi connectivity index (χ0) is 20.0. The van der Waals surface area contributed by atoms with E-state index in [0.717, 1.165) is 5.56 Å². The predicted octanol–water partition coefficient (Wildman–Crippen LogP) is 2.60. The molecule has 0 aliphatic heterocycles. The topological polar surface area (TPSA) is 77.1 Å². The zero-order valence-corrected chi connectivity index (χ0v) is 16.2. The highest BCUT2D eigenvalue weighted by atomic mass is 16.5. The molecule has 0 heterocycles. The molecule has 0 atom stereocenters. The molecule has 7 heteroatoms. The third kappa shape index (κ3) is 4.91. The van der Waals surface area contributed by atoms with Gasteiger partial charge in [0, 0.05) is 31.9 Å². The summed E-state index contributed by atoms with van der Waals surface area (Å²) >= 11 is 0. The SMILES string of the molecule is COc1cc(OC)c(C(=O)Nc2ccc(CC(=O)N(C)C)cc2)cc1OC. The van der Waals surface area contributed by atoms with Gasteiger partial charge in [-0.1, -0.05) is 12.1 Å². The fourth-order valence-electron chi connectivity index (χ4n) is 2.44. The maximum Gasteiger partial charge on any atom is 0.259 e. The van der Waals surface area contributed by atoms with E-state index in [4.69, 9.17) is 14.2 Å². The van der Waals surface area contributed by atoms with Crippen LogP contribution in [0.3, 0.4) is 0 Å². The molecule has 0 saturated carbocycles. The first-order chi connectivity index (χ1) is 12.9. The van der Waals surface area contributed by atoms with Gasteiger partial charge in [-0.05, 0) is 17.7 Å². The highest BCUT2D eigenvalue weighted by Crippen LogP contribution is 2.34. The first kappa shape index (κ1) is 20.1. The highest BCUT2D eigenvalue weighted by Gasteiger charge is 2.18. The van der Waals surface area contributed by atoms with E-state index in [2.05, 4.69) is 5.32 Å². The van der Waals surface area contributed by atoms with Gasteiger partial charge in [-0.25, -0.2) is 0 Å². The van der Waals surface area contributed by atoms with E-state index in [1.807, 2.05) is 12.1 Å². The number of amides is 2. The molecular weight excluding hydrogens is 348 g/mol. The van der Waals surface area contributed by atoms with E-state index in [1.54, 1.807) is 43.3 Å². The highest BCUT2D eigenvalue weighted by molar-refractivity contribution is 6.06. The molecule has 2 aromatic carbocycles. The van der Waals surface area contributed by atoms with Crippen molar-refractivity contribution in [3.8, 4) is 17.2 Å².